The molecule has 0 amide bonds. The Hall–Kier alpha value is -0.909. The quantitative estimate of drug-likeness (QED) is 0.282. The molecular weight excluding hydrogens is 513 g/mol. The van der Waals surface area contributed by atoms with Crippen LogP contribution in [-0.2, 0) is 16.5 Å². The summed E-state index contributed by atoms with van der Waals surface area (Å²) in [6.45, 7) is 1.85. The number of benzene rings is 3. The summed E-state index contributed by atoms with van der Waals surface area (Å²) in [5, 5.41) is 19.9. The van der Waals surface area contributed by atoms with Crippen molar-refractivity contribution in [1.29, 1.82) is 0 Å². The number of phenolic OH excluding ortho intramolecular Hbond substituents is 1. The van der Waals surface area contributed by atoms with Crippen LogP contribution in [0.2, 0.25) is 5.02 Å². The van der Waals surface area contributed by atoms with E-state index in [9.17, 15) is 18.1 Å². The maximum absolute atomic E-state index is 11.6. The van der Waals surface area contributed by atoms with Gasteiger partial charge in [-0.25, -0.2) is 0 Å². The zero-order valence-corrected chi connectivity index (χ0v) is 20.4. The average molecular weight is 528 g/mol. The molecular formula is C18H15BaClN2O4S. The minimum Gasteiger partial charge on any atom is -0.506 e. The van der Waals surface area contributed by atoms with Gasteiger partial charge in [0.05, 0.1) is 0 Å². The zero-order chi connectivity index (χ0) is 18.9. The van der Waals surface area contributed by atoms with Crippen LogP contribution >= 0.6 is 11.6 Å². The van der Waals surface area contributed by atoms with Gasteiger partial charge in [-0.2, -0.15) is 8.42 Å². The molecule has 0 bridgehead atoms. The summed E-state index contributed by atoms with van der Waals surface area (Å²) in [4.78, 5) is -0.442. The fourth-order valence-electron chi connectivity index (χ4n) is 2.60. The van der Waals surface area contributed by atoms with Gasteiger partial charge in [0.15, 0.2) is 0 Å². The van der Waals surface area contributed by atoms with Crippen LogP contribution in [0.3, 0.4) is 0 Å². The molecule has 0 atom stereocenters. The molecule has 9 heteroatoms. The van der Waals surface area contributed by atoms with Gasteiger partial charge in [-0.05, 0) is 35.6 Å². The van der Waals surface area contributed by atoms with E-state index in [0.717, 1.165) is 11.5 Å². The Bertz CT molecular complexity index is 1130. The van der Waals surface area contributed by atoms with E-state index < -0.39 is 15.0 Å². The van der Waals surface area contributed by atoms with Crippen molar-refractivity contribution in [2.75, 3.05) is 0 Å². The van der Waals surface area contributed by atoms with Crippen molar-refractivity contribution in [2.24, 2.45) is 10.2 Å². The molecule has 136 valence electrons. The van der Waals surface area contributed by atoms with Gasteiger partial charge in [0.25, 0.3) is 10.1 Å². The molecule has 2 radical (unpaired) electrons. The molecule has 0 aliphatic heterocycles. The number of rotatable bonds is 4. The number of aromatic hydroxyl groups is 1. The SMILES string of the molecule is CCc1cc(N=Nc2c(O)ccc3ccccc23)c(S(=O)(=O)O)cc1Cl.[Ba]. The van der Waals surface area contributed by atoms with Gasteiger partial charge in [0.2, 0.25) is 0 Å². The Balaban J connectivity index is 0.00000261. The molecule has 3 aromatic rings. The van der Waals surface area contributed by atoms with Crippen LogP contribution < -0.4 is 0 Å². The largest absolute Gasteiger partial charge is 0.506 e. The monoisotopic (exact) mass is 528 g/mol. The molecule has 0 aliphatic rings. The number of nitrogens with zero attached hydrogens (tertiary/aromatic N) is 2. The molecule has 3 aromatic carbocycles. The average Bonchev–Trinajstić information content (AvgIpc) is 2.60. The fraction of sp³-hybridized carbons (Fsp3) is 0.111. The Morgan fingerprint density at radius 3 is 2.44 bits per heavy atom. The molecule has 0 unspecified atom stereocenters. The van der Waals surface area contributed by atoms with E-state index in [2.05, 4.69) is 10.2 Å². The topological polar surface area (TPSA) is 99.3 Å². The smallest absolute Gasteiger partial charge is 0.296 e. The molecule has 0 aromatic heterocycles. The van der Waals surface area contributed by atoms with Gasteiger partial charge in [-0.3, -0.25) is 4.55 Å². The van der Waals surface area contributed by atoms with Crippen LogP contribution in [0.5, 0.6) is 5.75 Å². The molecule has 3 rings (SSSR count). The van der Waals surface area contributed by atoms with Crippen molar-refractivity contribution in [3.8, 4) is 5.75 Å². The van der Waals surface area contributed by atoms with E-state index >= 15 is 0 Å². The Morgan fingerprint density at radius 1 is 1.07 bits per heavy atom. The van der Waals surface area contributed by atoms with E-state index in [1.165, 1.54) is 12.1 Å². The molecule has 0 saturated carbocycles. The number of azo groups is 1. The summed E-state index contributed by atoms with van der Waals surface area (Å²) < 4.78 is 32.7. The Kier molecular flexibility index (Phi) is 7.51. The number of phenols is 1. The van der Waals surface area contributed by atoms with Crippen LogP contribution in [0.4, 0.5) is 11.4 Å². The fourth-order valence-corrected chi connectivity index (χ4v) is 3.59. The molecule has 0 saturated heterocycles. The van der Waals surface area contributed by atoms with Gasteiger partial charge in [0, 0.05) is 59.3 Å². The molecule has 0 aliphatic carbocycles. The first-order valence-electron chi connectivity index (χ1n) is 7.73. The molecule has 27 heavy (non-hydrogen) atoms. The predicted molar refractivity (Wildman–Crippen MR) is 106 cm³/mol. The summed E-state index contributed by atoms with van der Waals surface area (Å²) in [5.41, 5.74) is 0.814. The van der Waals surface area contributed by atoms with E-state index in [-0.39, 0.29) is 71.0 Å². The summed E-state index contributed by atoms with van der Waals surface area (Å²) in [7, 11) is -4.54. The standard InChI is InChI=1S/C18H15ClN2O4S.Ba/c1-2-11-9-15(17(10-14(11)19)26(23,24)25)20-21-18-13-6-4-3-5-12(13)7-8-16(18)22;/h3-10,22H,2H2,1H3,(H,23,24,25);. The molecule has 2 N–H and O–H groups in total. The molecule has 0 fully saturated rings. The van der Waals surface area contributed by atoms with Gasteiger partial charge < -0.3 is 5.11 Å². The Labute approximate surface area is 202 Å². The molecule has 0 heterocycles. The number of hydrogen-bond acceptors (Lipinski definition) is 5. The predicted octanol–water partition coefficient (Wildman–Crippen LogP) is 5.04. The second kappa shape index (κ2) is 9.06. The van der Waals surface area contributed by atoms with Crippen LogP contribution in [0.25, 0.3) is 10.8 Å². The first kappa shape index (κ1) is 22.4. The maximum atomic E-state index is 11.6. The molecule has 0 spiro atoms. The minimum atomic E-state index is -4.54. The zero-order valence-electron chi connectivity index (χ0n) is 14.4. The van der Waals surface area contributed by atoms with Crippen molar-refractivity contribution < 1.29 is 18.1 Å². The van der Waals surface area contributed by atoms with E-state index in [0.29, 0.717) is 17.4 Å². The number of hydrogen-bond donors (Lipinski definition) is 2. The number of aryl methyl sites for hydroxylation is 1. The minimum absolute atomic E-state index is 0. The third-order valence-corrected chi connectivity index (χ3v) is 5.16. The van der Waals surface area contributed by atoms with Crippen molar-refractivity contribution in [3.05, 3.63) is 59.1 Å². The first-order chi connectivity index (χ1) is 12.3. The summed E-state index contributed by atoms with van der Waals surface area (Å²) in [5.74, 6) is -0.0921. The van der Waals surface area contributed by atoms with Crippen LogP contribution in [-0.4, -0.2) is 67.0 Å². The number of halogens is 1. The van der Waals surface area contributed by atoms with E-state index in [4.69, 9.17) is 11.6 Å². The summed E-state index contributed by atoms with van der Waals surface area (Å²) >= 11 is 6.04. The van der Waals surface area contributed by atoms with Gasteiger partial charge in [-0.15, -0.1) is 10.2 Å². The number of fused-ring (bicyclic) bond motifs is 1. The van der Waals surface area contributed by atoms with Gasteiger partial charge in [0.1, 0.15) is 22.0 Å². The van der Waals surface area contributed by atoms with Crippen molar-refractivity contribution in [2.45, 2.75) is 18.2 Å². The third-order valence-electron chi connectivity index (χ3n) is 3.92. The van der Waals surface area contributed by atoms with E-state index in [1.54, 1.807) is 18.2 Å². The van der Waals surface area contributed by atoms with Crippen LogP contribution in [0, 0.1) is 0 Å². The Morgan fingerprint density at radius 2 is 1.78 bits per heavy atom. The van der Waals surface area contributed by atoms with Crippen LogP contribution in [0.15, 0.2) is 63.7 Å². The van der Waals surface area contributed by atoms with Crippen LogP contribution in [0.1, 0.15) is 12.5 Å². The van der Waals surface area contributed by atoms with E-state index in [1.807, 2.05) is 19.1 Å². The summed E-state index contributed by atoms with van der Waals surface area (Å²) in [6, 6.07) is 13.1. The molecule has 6 nitrogen and oxygen atoms in total. The van der Waals surface area contributed by atoms with Crippen molar-refractivity contribution >= 4 is 92.7 Å². The normalized spacial score (nSPS) is 11.7. The van der Waals surface area contributed by atoms with Gasteiger partial charge >= 0.3 is 0 Å². The van der Waals surface area contributed by atoms with Gasteiger partial charge in [-0.1, -0.05) is 48.9 Å². The second-order valence-electron chi connectivity index (χ2n) is 5.59. The first-order valence-corrected chi connectivity index (χ1v) is 9.55. The summed E-state index contributed by atoms with van der Waals surface area (Å²) in [6.07, 6.45) is 0.548. The maximum Gasteiger partial charge on any atom is 0.296 e. The van der Waals surface area contributed by atoms with Crippen molar-refractivity contribution in [3.63, 3.8) is 0 Å². The second-order valence-corrected chi connectivity index (χ2v) is 7.39. The third kappa shape index (κ3) is 4.93. The van der Waals surface area contributed by atoms with Crippen molar-refractivity contribution in [1.82, 2.24) is 0 Å².